The van der Waals surface area contributed by atoms with Crippen LogP contribution in [0.25, 0.3) is 0 Å². The minimum atomic E-state index is 0.790. The summed E-state index contributed by atoms with van der Waals surface area (Å²) >= 11 is 9.45. The molecule has 1 N–H and O–H groups in total. The lowest BCUT2D eigenvalue weighted by atomic mass is 10.3. The molecule has 0 saturated carbocycles. The lowest BCUT2D eigenvalue weighted by molar-refractivity contribution is 0.173. The Hall–Kier alpha value is -1.15. The number of guanidine groups is 1. The van der Waals surface area contributed by atoms with Gasteiger partial charge in [-0.05, 0) is 26.0 Å². The summed E-state index contributed by atoms with van der Waals surface area (Å²) in [5.74, 6) is 0.976. The lowest BCUT2D eigenvalue weighted by Gasteiger charge is -2.36. The molecule has 1 aliphatic heterocycles. The summed E-state index contributed by atoms with van der Waals surface area (Å²) in [6.07, 6.45) is 0. The fourth-order valence-electron chi connectivity index (χ4n) is 3.00. The Kier molecular flexibility index (Phi) is 6.33. The van der Waals surface area contributed by atoms with Crippen molar-refractivity contribution in [2.45, 2.75) is 26.9 Å². The first-order valence-corrected chi connectivity index (χ1v) is 10.4. The smallest absolute Gasteiger partial charge is 0.194 e. The molecule has 3 heterocycles. The molecular formula is C17H24ClN5S2. The molecule has 0 aromatic carbocycles. The Morgan fingerprint density at radius 2 is 2.00 bits per heavy atom. The minimum Gasteiger partial charge on any atom is -0.351 e. The summed E-state index contributed by atoms with van der Waals surface area (Å²) in [5.41, 5.74) is 1.12. The van der Waals surface area contributed by atoms with Crippen LogP contribution in [0.5, 0.6) is 0 Å². The van der Waals surface area contributed by atoms with Crippen molar-refractivity contribution in [2.24, 2.45) is 4.99 Å². The second-order valence-electron chi connectivity index (χ2n) is 6.11. The van der Waals surface area contributed by atoms with Crippen LogP contribution in [-0.2, 0) is 13.1 Å². The number of nitrogens with zero attached hydrogens (tertiary/aromatic N) is 4. The van der Waals surface area contributed by atoms with Gasteiger partial charge in [0, 0.05) is 49.5 Å². The number of hydrogen-bond acceptors (Lipinski definition) is 5. The number of piperazine rings is 1. The fraction of sp³-hybridized carbons (Fsp3) is 0.529. The van der Waals surface area contributed by atoms with Crippen LogP contribution in [0.3, 0.4) is 0 Å². The largest absolute Gasteiger partial charge is 0.351 e. The summed E-state index contributed by atoms with van der Waals surface area (Å²) in [7, 11) is 1.85. The number of nitrogens with one attached hydrogen (secondary N) is 1. The fourth-order valence-corrected chi connectivity index (χ4v) is 5.01. The topological polar surface area (TPSA) is 43.8 Å². The van der Waals surface area contributed by atoms with Crippen LogP contribution >= 0.6 is 34.3 Å². The third-order valence-electron chi connectivity index (χ3n) is 4.30. The second-order valence-corrected chi connectivity index (χ2v) is 9.20. The third-order valence-corrected chi connectivity index (χ3v) is 6.59. The maximum Gasteiger partial charge on any atom is 0.194 e. The van der Waals surface area contributed by atoms with Gasteiger partial charge in [0.05, 0.1) is 21.6 Å². The van der Waals surface area contributed by atoms with E-state index in [2.05, 4.69) is 45.0 Å². The van der Waals surface area contributed by atoms with Crippen molar-refractivity contribution in [1.29, 1.82) is 0 Å². The number of aryl methyl sites for hydroxylation is 2. The molecule has 0 amide bonds. The number of thiophene rings is 1. The number of thiazole rings is 1. The predicted octanol–water partition coefficient (Wildman–Crippen LogP) is 3.37. The molecule has 2 aromatic rings. The van der Waals surface area contributed by atoms with Crippen molar-refractivity contribution >= 4 is 40.2 Å². The van der Waals surface area contributed by atoms with Crippen LogP contribution in [0, 0.1) is 13.8 Å². The van der Waals surface area contributed by atoms with E-state index in [0.717, 1.165) is 60.3 Å². The first kappa shape index (κ1) is 18.6. The van der Waals surface area contributed by atoms with Crippen LogP contribution in [0.2, 0.25) is 4.34 Å². The van der Waals surface area contributed by atoms with Crippen molar-refractivity contribution in [3.8, 4) is 0 Å². The van der Waals surface area contributed by atoms with Crippen molar-refractivity contribution in [2.75, 3.05) is 33.2 Å². The van der Waals surface area contributed by atoms with Crippen LogP contribution in [0.4, 0.5) is 0 Å². The van der Waals surface area contributed by atoms with Gasteiger partial charge >= 0.3 is 0 Å². The summed E-state index contributed by atoms with van der Waals surface area (Å²) in [6.45, 7) is 9.94. The summed E-state index contributed by atoms with van der Waals surface area (Å²) in [4.78, 5) is 16.4. The zero-order valence-electron chi connectivity index (χ0n) is 14.9. The number of halogens is 1. The molecule has 0 bridgehead atoms. The highest BCUT2D eigenvalue weighted by Gasteiger charge is 2.20. The first-order valence-electron chi connectivity index (χ1n) is 8.40. The van der Waals surface area contributed by atoms with E-state index in [1.807, 2.05) is 13.1 Å². The Morgan fingerprint density at radius 3 is 2.56 bits per heavy atom. The highest BCUT2D eigenvalue weighted by molar-refractivity contribution is 7.16. The van der Waals surface area contributed by atoms with E-state index in [0.29, 0.717) is 0 Å². The monoisotopic (exact) mass is 397 g/mol. The highest BCUT2D eigenvalue weighted by atomic mass is 35.5. The Bertz CT molecular complexity index is 731. The van der Waals surface area contributed by atoms with Crippen LogP contribution < -0.4 is 5.32 Å². The standard InChI is InChI=1S/C17H24ClN5S2/c1-12-15(24-13(2)21-12)10-20-17(19-3)23-8-6-22(7-9-23)11-14-4-5-16(18)25-14/h4-5H,6-11H2,1-3H3,(H,19,20). The van der Waals surface area contributed by atoms with Crippen LogP contribution in [0.1, 0.15) is 20.5 Å². The van der Waals surface area contributed by atoms with E-state index in [-0.39, 0.29) is 0 Å². The van der Waals surface area contributed by atoms with Gasteiger partial charge < -0.3 is 10.2 Å². The second kappa shape index (κ2) is 8.49. The molecule has 8 heteroatoms. The molecule has 0 unspecified atom stereocenters. The molecule has 0 spiro atoms. The molecule has 0 atom stereocenters. The van der Waals surface area contributed by atoms with Gasteiger partial charge in [-0.2, -0.15) is 0 Å². The van der Waals surface area contributed by atoms with Crippen molar-refractivity contribution in [1.82, 2.24) is 20.1 Å². The number of aromatic nitrogens is 1. The Morgan fingerprint density at radius 1 is 1.24 bits per heavy atom. The average Bonchev–Trinajstić information content (AvgIpc) is 3.14. The molecule has 5 nitrogen and oxygen atoms in total. The van der Waals surface area contributed by atoms with Crippen molar-refractivity contribution in [3.05, 3.63) is 36.9 Å². The molecule has 2 aromatic heterocycles. The van der Waals surface area contributed by atoms with Crippen molar-refractivity contribution < 1.29 is 0 Å². The van der Waals surface area contributed by atoms with E-state index in [4.69, 9.17) is 11.6 Å². The molecule has 1 fully saturated rings. The quantitative estimate of drug-likeness (QED) is 0.634. The lowest BCUT2D eigenvalue weighted by Crippen LogP contribution is -2.51. The molecule has 1 aliphatic rings. The SMILES string of the molecule is CN=C(NCc1sc(C)nc1C)N1CCN(Cc2ccc(Cl)s2)CC1. The minimum absolute atomic E-state index is 0.790. The van der Waals surface area contributed by atoms with Gasteiger partial charge in [-0.15, -0.1) is 22.7 Å². The van der Waals surface area contributed by atoms with Crippen molar-refractivity contribution in [3.63, 3.8) is 0 Å². The Balaban J connectivity index is 1.49. The number of hydrogen-bond donors (Lipinski definition) is 1. The Labute approximate surface area is 162 Å². The van der Waals surface area contributed by atoms with Crippen LogP contribution in [0.15, 0.2) is 17.1 Å². The molecule has 1 saturated heterocycles. The molecule has 136 valence electrons. The van der Waals surface area contributed by atoms with Gasteiger partial charge in [-0.1, -0.05) is 11.6 Å². The van der Waals surface area contributed by atoms with Gasteiger partial charge in [0.1, 0.15) is 0 Å². The van der Waals surface area contributed by atoms with E-state index in [1.165, 1.54) is 9.75 Å². The maximum absolute atomic E-state index is 6.02. The molecule has 0 aliphatic carbocycles. The van der Waals surface area contributed by atoms with Crippen LogP contribution in [-0.4, -0.2) is 54.0 Å². The maximum atomic E-state index is 6.02. The van der Waals surface area contributed by atoms with Gasteiger partial charge in [0.25, 0.3) is 0 Å². The van der Waals surface area contributed by atoms with Gasteiger partial charge in [-0.25, -0.2) is 4.98 Å². The molecule has 25 heavy (non-hydrogen) atoms. The van der Waals surface area contributed by atoms with E-state index >= 15 is 0 Å². The summed E-state index contributed by atoms with van der Waals surface area (Å²) in [5, 5.41) is 4.61. The normalized spacial score (nSPS) is 16.5. The molecule has 0 radical (unpaired) electrons. The van der Waals surface area contributed by atoms with E-state index < -0.39 is 0 Å². The number of rotatable bonds is 4. The number of aliphatic imine (C=N–C) groups is 1. The molecule has 3 rings (SSSR count). The summed E-state index contributed by atoms with van der Waals surface area (Å²) in [6, 6.07) is 4.10. The van der Waals surface area contributed by atoms with Gasteiger partial charge in [-0.3, -0.25) is 9.89 Å². The first-order chi connectivity index (χ1) is 12.0. The predicted molar refractivity (Wildman–Crippen MR) is 108 cm³/mol. The summed E-state index contributed by atoms with van der Waals surface area (Å²) < 4.78 is 0.867. The van der Waals surface area contributed by atoms with E-state index in [9.17, 15) is 0 Å². The zero-order valence-corrected chi connectivity index (χ0v) is 17.3. The van der Waals surface area contributed by atoms with Gasteiger partial charge in [0.15, 0.2) is 5.96 Å². The average molecular weight is 398 g/mol. The third kappa shape index (κ3) is 4.94. The zero-order chi connectivity index (χ0) is 17.8. The molecular weight excluding hydrogens is 374 g/mol. The van der Waals surface area contributed by atoms with Gasteiger partial charge in [0.2, 0.25) is 0 Å². The highest BCUT2D eigenvalue weighted by Crippen LogP contribution is 2.23. The van der Waals surface area contributed by atoms with E-state index in [1.54, 1.807) is 22.7 Å².